The van der Waals surface area contributed by atoms with E-state index in [1.807, 2.05) is 0 Å². The molecule has 0 spiro atoms. The molecule has 22 heavy (non-hydrogen) atoms. The summed E-state index contributed by atoms with van der Waals surface area (Å²) >= 11 is 0. The van der Waals surface area contributed by atoms with Crippen LogP contribution in [-0.4, -0.2) is 28.5 Å². The van der Waals surface area contributed by atoms with Crippen LogP contribution < -0.4 is 5.32 Å². The van der Waals surface area contributed by atoms with E-state index in [2.05, 4.69) is 5.32 Å². The molecule has 0 aliphatic heterocycles. The molecule has 1 aromatic carbocycles. The first kappa shape index (κ1) is 17.6. The van der Waals surface area contributed by atoms with Crippen molar-refractivity contribution in [3.8, 4) is 0 Å². The number of hydrogen-bond acceptors (Lipinski definition) is 4. The number of amides is 1. The minimum absolute atomic E-state index is 0.110. The van der Waals surface area contributed by atoms with Gasteiger partial charge in [0.2, 0.25) is 0 Å². The van der Waals surface area contributed by atoms with E-state index in [-0.39, 0.29) is 24.2 Å². The van der Waals surface area contributed by atoms with Crippen LogP contribution in [0.25, 0.3) is 0 Å². The number of carbonyl (C=O) groups excluding carboxylic acids is 1. The van der Waals surface area contributed by atoms with Crippen LogP contribution >= 0.6 is 0 Å². The summed E-state index contributed by atoms with van der Waals surface area (Å²) in [5.74, 6) is -1.38. The number of carboxylic acid groups (broad SMARTS) is 1. The highest BCUT2D eigenvalue weighted by Crippen LogP contribution is 2.23. The third kappa shape index (κ3) is 4.03. The number of nitro benzene ring substituents is 1. The number of benzene rings is 1. The Morgan fingerprint density at radius 3 is 2.36 bits per heavy atom. The fraction of sp³-hybridized carbons (Fsp3) is 0.467. The molecule has 0 saturated carbocycles. The van der Waals surface area contributed by atoms with Crippen molar-refractivity contribution in [3.63, 3.8) is 0 Å². The predicted octanol–water partition coefficient (Wildman–Crippen LogP) is 2.44. The van der Waals surface area contributed by atoms with Crippen molar-refractivity contribution in [2.75, 3.05) is 6.54 Å². The molecule has 0 aromatic heterocycles. The molecule has 0 radical (unpaired) electrons. The van der Waals surface area contributed by atoms with Crippen molar-refractivity contribution >= 4 is 17.6 Å². The summed E-state index contributed by atoms with van der Waals surface area (Å²) in [6.45, 7) is 6.64. The molecule has 0 bridgehead atoms. The molecule has 0 fully saturated rings. The minimum atomic E-state index is -0.943. The van der Waals surface area contributed by atoms with Crippen LogP contribution in [0.2, 0.25) is 0 Å². The summed E-state index contributed by atoms with van der Waals surface area (Å²) in [5.41, 5.74) is 0.304. The van der Waals surface area contributed by atoms with Gasteiger partial charge in [0.05, 0.1) is 10.3 Å². The Balaban J connectivity index is 2.84. The first-order valence-electron chi connectivity index (χ1n) is 6.83. The molecule has 7 nitrogen and oxygen atoms in total. The maximum absolute atomic E-state index is 12.1. The SMILES string of the molecule is Cc1cc(C)c([N+](=O)[O-])cc1C(=O)NCCC(C)(C)C(=O)O. The normalized spacial score (nSPS) is 11.1. The summed E-state index contributed by atoms with van der Waals surface area (Å²) in [5, 5.41) is 22.6. The molecule has 7 heteroatoms. The van der Waals surface area contributed by atoms with Crippen LogP contribution in [-0.2, 0) is 4.79 Å². The van der Waals surface area contributed by atoms with Gasteiger partial charge in [-0.25, -0.2) is 0 Å². The van der Waals surface area contributed by atoms with Gasteiger partial charge < -0.3 is 10.4 Å². The van der Waals surface area contributed by atoms with Gasteiger partial charge in [-0.1, -0.05) is 0 Å². The summed E-state index contributed by atoms with van der Waals surface area (Å²) in [7, 11) is 0. The number of nitro groups is 1. The first-order valence-corrected chi connectivity index (χ1v) is 6.83. The second kappa shape index (κ2) is 6.55. The number of nitrogens with zero attached hydrogens (tertiary/aromatic N) is 1. The van der Waals surface area contributed by atoms with Crippen LogP contribution in [0.5, 0.6) is 0 Å². The zero-order valence-corrected chi connectivity index (χ0v) is 13.1. The fourth-order valence-electron chi connectivity index (χ4n) is 1.97. The van der Waals surface area contributed by atoms with Gasteiger partial charge in [-0.2, -0.15) is 0 Å². The smallest absolute Gasteiger partial charge is 0.309 e. The predicted molar refractivity (Wildman–Crippen MR) is 80.9 cm³/mol. The molecule has 1 amide bonds. The average Bonchev–Trinajstić information content (AvgIpc) is 2.37. The lowest BCUT2D eigenvalue weighted by atomic mass is 9.89. The second-order valence-electron chi connectivity index (χ2n) is 5.91. The number of rotatable bonds is 6. The third-order valence-electron chi connectivity index (χ3n) is 3.60. The van der Waals surface area contributed by atoms with E-state index >= 15 is 0 Å². The maximum Gasteiger partial charge on any atom is 0.309 e. The molecule has 0 heterocycles. The van der Waals surface area contributed by atoms with Crippen LogP contribution in [0, 0.1) is 29.4 Å². The Labute approximate surface area is 128 Å². The Hall–Kier alpha value is -2.44. The van der Waals surface area contributed by atoms with E-state index in [0.717, 1.165) is 0 Å². The highest BCUT2D eigenvalue weighted by atomic mass is 16.6. The van der Waals surface area contributed by atoms with E-state index in [1.165, 1.54) is 6.07 Å². The summed E-state index contributed by atoms with van der Waals surface area (Å²) in [6, 6.07) is 2.84. The van der Waals surface area contributed by atoms with Gasteiger partial charge in [-0.05, 0) is 45.7 Å². The molecule has 0 atom stereocenters. The van der Waals surface area contributed by atoms with Crippen molar-refractivity contribution < 1.29 is 19.6 Å². The molecule has 2 N–H and O–H groups in total. The molecular weight excluding hydrogens is 288 g/mol. The fourth-order valence-corrected chi connectivity index (χ4v) is 1.97. The Morgan fingerprint density at radius 2 is 1.86 bits per heavy atom. The quantitative estimate of drug-likeness (QED) is 0.619. The number of nitrogens with one attached hydrogen (secondary N) is 1. The van der Waals surface area contributed by atoms with Gasteiger partial charge in [0, 0.05) is 23.7 Å². The van der Waals surface area contributed by atoms with Gasteiger partial charge in [-0.3, -0.25) is 19.7 Å². The number of carbonyl (C=O) groups is 2. The van der Waals surface area contributed by atoms with Crippen molar-refractivity contribution in [3.05, 3.63) is 38.9 Å². The number of carboxylic acids is 1. The van der Waals surface area contributed by atoms with Crippen molar-refractivity contribution in [2.45, 2.75) is 34.1 Å². The maximum atomic E-state index is 12.1. The van der Waals surface area contributed by atoms with Crippen LogP contribution in [0.3, 0.4) is 0 Å². The second-order valence-corrected chi connectivity index (χ2v) is 5.91. The largest absolute Gasteiger partial charge is 0.481 e. The van der Waals surface area contributed by atoms with E-state index in [9.17, 15) is 19.7 Å². The van der Waals surface area contributed by atoms with E-state index in [0.29, 0.717) is 11.1 Å². The van der Waals surface area contributed by atoms with Crippen LogP contribution in [0.15, 0.2) is 12.1 Å². The Morgan fingerprint density at radius 1 is 1.27 bits per heavy atom. The average molecular weight is 308 g/mol. The lowest BCUT2D eigenvalue weighted by Crippen LogP contribution is -2.32. The zero-order chi connectivity index (χ0) is 17.1. The van der Waals surface area contributed by atoms with Crippen LogP contribution in [0.1, 0.15) is 41.8 Å². The molecule has 0 saturated heterocycles. The zero-order valence-electron chi connectivity index (χ0n) is 13.1. The van der Waals surface area contributed by atoms with Gasteiger partial charge in [0.25, 0.3) is 11.6 Å². The highest BCUT2D eigenvalue weighted by Gasteiger charge is 2.27. The lowest BCUT2D eigenvalue weighted by molar-refractivity contribution is -0.385. The van der Waals surface area contributed by atoms with Gasteiger partial charge in [0.1, 0.15) is 0 Å². The van der Waals surface area contributed by atoms with Crippen molar-refractivity contribution in [2.24, 2.45) is 5.41 Å². The lowest BCUT2D eigenvalue weighted by Gasteiger charge is -2.19. The molecule has 0 aliphatic carbocycles. The summed E-state index contributed by atoms with van der Waals surface area (Å²) < 4.78 is 0. The van der Waals surface area contributed by atoms with Gasteiger partial charge >= 0.3 is 5.97 Å². The van der Waals surface area contributed by atoms with Gasteiger partial charge in [0.15, 0.2) is 0 Å². The molecule has 120 valence electrons. The minimum Gasteiger partial charge on any atom is -0.481 e. The Bertz CT molecular complexity index is 623. The standard InChI is InChI=1S/C15H20N2O5/c1-9-7-10(2)12(17(21)22)8-11(9)13(18)16-6-5-15(3,4)14(19)20/h7-8H,5-6H2,1-4H3,(H,16,18)(H,19,20). The number of aryl methyl sites for hydroxylation is 2. The molecule has 1 rings (SSSR count). The Kier molecular flexibility index (Phi) is 5.24. The highest BCUT2D eigenvalue weighted by molar-refractivity contribution is 5.96. The molecular formula is C15H20N2O5. The monoisotopic (exact) mass is 308 g/mol. The summed E-state index contributed by atoms with van der Waals surface area (Å²) in [6.07, 6.45) is 0.265. The van der Waals surface area contributed by atoms with Crippen molar-refractivity contribution in [1.29, 1.82) is 0 Å². The van der Waals surface area contributed by atoms with Crippen LogP contribution in [0.4, 0.5) is 5.69 Å². The number of aliphatic carboxylic acids is 1. The first-order chi connectivity index (χ1) is 10.1. The van der Waals surface area contributed by atoms with Gasteiger partial charge in [-0.15, -0.1) is 0 Å². The molecule has 0 aliphatic rings. The van der Waals surface area contributed by atoms with E-state index in [4.69, 9.17) is 5.11 Å². The molecule has 0 unspecified atom stereocenters. The summed E-state index contributed by atoms with van der Waals surface area (Å²) in [4.78, 5) is 33.5. The third-order valence-corrected chi connectivity index (χ3v) is 3.60. The topological polar surface area (TPSA) is 110 Å². The van der Waals surface area contributed by atoms with Crippen molar-refractivity contribution in [1.82, 2.24) is 5.32 Å². The van der Waals surface area contributed by atoms with E-state index < -0.39 is 22.2 Å². The number of hydrogen-bond donors (Lipinski definition) is 2. The van der Waals surface area contributed by atoms with E-state index in [1.54, 1.807) is 33.8 Å². The molecule has 1 aromatic rings.